The normalized spacial score (nSPS) is 11.1. The van der Waals surface area contributed by atoms with Gasteiger partial charge in [0.15, 0.2) is 4.90 Å². The van der Waals surface area contributed by atoms with Crippen LogP contribution in [-0.2, 0) is 16.6 Å². The molecule has 0 saturated heterocycles. The molecule has 2 aromatic rings. The lowest BCUT2D eigenvalue weighted by atomic mass is 10.2. The number of nitrogens with zero attached hydrogens (tertiary/aromatic N) is 1. The second-order valence-electron chi connectivity index (χ2n) is 5.17. The summed E-state index contributed by atoms with van der Waals surface area (Å²) in [5, 5.41) is 9.29. The van der Waals surface area contributed by atoms with E-state index in [1.807, 2.05) is 0 Å². The highest BCUT2D eigenvalue weighted by Gasteiger charge is 2.35. The molecule has 0 bridgehead atoms. The molecule has 0 radical (unpaired) electrons. The first-order valence-corrected chi connectivity index (χ1v) is 8.67. The lowest BCUT2D eigenvalue weighted by Gasteiger charge is -2.21. The van der Waals surface area contributed by atoms with E-state index in [-0.39, 0.29) is 27.8 Å². The summed E-state index contributed by atoms with van der Waals surface area (Å²) in [5.74, 6) is -4.39. The van der Waals surface area contributed by atoms with Crippen LogP contribution in [-0.4, -0.2) is 38.1 Å². The number of sulfonamides is 1. The number of methoxy groups -OCH3 is 2. The average molecular weight is 405 g/mol. The van der Waals surface area contributed by atoms with Crippen LogP contribution < -0.4 is 9.47 Å². The van der Waals surface area contributed by atoms with Crippen LogP contribution in [0.25, 0.3) is 0 Å². The van der Waals surface area contributed by atoms with Crippen LogP contribution in [0.3, 0.4) is 0 Å². The Labute approximate surface area is 152 Å². The zero-order valence-corrected chi connectivity index (χ0v) is 14.9. The standard InChI is InChI=1S/C16H14F3NO6S/c1-25-11-4-3-9(14(7-11)26-2)8-20(16(21)22)27(23,24)15-12(18)5-10(17)6-13(15)19/h3-7H,8H2,1-2H3,(H,21,22). The number of amides is 1. The van der Waals surface area contributed by atoms with E-state index in [0.29, 0.717) is 5.75 Å². The quantitative estimate of drug-likeness (QED) is 0.794. The largest absolute Gasteiger partial charge is 0.497 e. The second kappa shape index (κ2) is 7.74. The topological polar surface area (TPSA) is 93.1 Å². The molecule has 0 aromatic heterocycles. The van der Waals surface area contributed by atoms with Crippen LogP contribution in [0.15, 0.2) is 35.2 Å². The Hall–Kier alpha value is -2.95. The lowest BCUT2D eigenvalue weighted by molar-refractivity contribution is 0.170. The van der Waals surface area contributed by atoms with E-state index in [1.54, 1.807) is 0 Å². The van der Waals surface area contributed by atoms with Crippen molar-refractivity contribution in [3.8, 4) is 11.5 Å². The summed E-state index contributed by atoms with van der Waals surface area (Å²) in [6.45, 7) is -0.804. The van der Waals surface area contributed by atoms with Crippen molar-refractivity contribution in [2.45, 2.75) is 11.4 Å². The van der Waals surface area contributed by atoms with Crippen LogP contribution in [0, 0.1) is 17.5 Å². The Morgan fingerprint density at radius 3 is 2.15 bits per heavy atom. The molecule has 2 rings (SSSR count). The molecule has 0 aliphatic heterocycles. The summed E-state index contributed by atoms with van der Waals surface area (Å²) < 4.78 is 75.8. The molecule has 0 unspecified atom stereocenters. The predicted octanol–water partition coefficient (Wildman–Crippen LogP) is 2.99. The van der Waals surface area contributed by atoms with Crippen LogP contribution in [0.5, 0.6) is 11.5 Å². The minimum atomic E-state index is -5.19. The van der Waals surface area contributed by atoms with Gasteiger partial charge in [0, 0.05) is 23.8 Å². The SMILES string of the molecule is COc1ccc(CN(C(=O)O)S(=O)(=O)c2c(F)cc(F)cc2F)c(OC)c1. The van der Waals surface area contributed by atoms with Crippen molar-refractivity contribution in [1.82, 2.24) is 4.31 Å². The molecule has 2 aromatic carbocycles. The van der Waals surface area contributed by atoms with Gasteiger partial charge in [-0.15, -0.1) is 0 Å². The Kier molecular flexibility index (Phi) is 5.84. The van der Waals surface area contributed by atoms with Crippen LogP contribution in [0.1, 0.15) is 5.56 Å². The van der Waals surface area contributed by atoms with Gasteiger partial charge in [-0.2, -0.15) is 4.31 Å². The number of ether oxygens (including phenoxy) is 2. The molecule has 0 fully saturated rings. The average Bonchev–Trinajstić information content (AvgIpc) is 2.57. The van der Waals surface area contributed by atoms with Crippen LogP contribution in [0.4, 0.5) is 18.0 Å². The van der Waals surface area contributed by atoms with Crippen LogP contribution >= 0.6 is 0 Å². The molecule has 0 aliphatic rings. The number of carboxylic acid groups (broad SMARTS) is 1. The minimum absolute atomic E-state index is 0.0900. The number of hydrogen-bond donors (Lipinski definition) is 1. The fourth-order valence-corrected chi connectivity index (χ4v) is 3.62. The van der Waals surface area contributed by atoms with E-state index in [9.17, 15) is 31.5 Å². The third-order valence-corrected chi connectivity index (χ3v) is 5.30. The molecule has 0 heterocycles. The molecule has 0 atom stereocenters. The first-order valence-electron chi connectivity index (χ1n) is 7.23. The third kappa shape index (κ3) is 4.08. The fourth-order valence-electron chi connectivity index (χ4n) is 2.28. The zero-order chi connectivity index (χ0) is 20.4. The van der Waals surface area contributed by atoms with Gasteiger partial charge in [0.25, 0.3) is 10.0 Å². The number of halogens is 3. The van der Waals surface area contributed by atoms with Crippen molar-refractivity contribution in [3.05, 3.63) is 53.3 Å². The monoisotopic (exact) mass is 405 g/mol. The Morgan fingerprint density at radius 1 is 1.07 bits per heavy atom. The first-order chi connectivity index (χ1) is 12.6. The Bertz CT molecular complexity index is 957. The van der Waals surface area contributed by atoms with E-state index in [4.69, 9.17) is 9.47 Å². The van der Waals surface area contributed by atoms with Gasteiger partial charge < -0.3 is 14.6 Å². The van der Waals surface area contributed by atoms with Gasteiger partial charge in [0.2, 0.25) is 0 Å². The van der Waals surface area contributed by atoms with Gasteiger partial charge in [0.1, 0.15) is 29.0 Å². The highest BCUT2D eigenvalue weighted by atomic mass is 32.2. The Morgan fingerprint density at radius 2 is 1.67 bits per heavy atom. The van der Waals surface area contributed by atoms with Crippen molar-refractivity contribution in [3.63, 3.8) is 0 Å². The molecule has 0 saturated carbocycles. The van der Waals surface area contributed by atoms with Crippen molar-refractivity contribution in [2.75, 3.05) is 14.2 Å². The number of hydrogen-bond acceptors (Lipinski definition) is 5. The van der Waals surface area contributed by atoms with Gasteiger partial charge >= 0.3 is 6.09 Å². The van der Waals surface area contributed by atoms with E-state index in [1.165, 1.54) is 32.4 Å². The number of rotatable bonds is 6. The van der Waals surface area contributed by atoms with Crippen molar-refractivity contribution in [1.29, 1.82) is 0 Å². The molecule has 146 valence electrons. The van der Waals surface area contributed by atoms with Crippen molar-refractivity contribution >= 4 is 16.1 Å². The van der Waals surface area contributed by atoms with Gasteiger partial charge in [-0.05, 0) is 12.1 Å². The molecular weight excluding hydrogens is 391 g/mol. The number of carbonyl (C=O) groups is 1. The lowest BCUT2D eigenvalue weighted by Crippen LogP contribution is -2.36. The van der Waals surface area contributed by atoms with Gasteiger partial charge in [-0.25, -0.2) is 26.4 Å². The summed E-state index contributed by atoms with van der Waals surface area (Å²) >= 11 is 0. The highest BCUT2D eigenvalue weighted by Crippen LogP contribution is 2.29. The highest BCUT2D eigenvalue weighted by molar-refractivity contribution is 7.89. The van der Waals surface area contributed by atoms with Gasteiger partial charge in [-0.3, -0.25) is 0 Å². The third-order valence-electron chi connectivity index (χ3n) is 3.53. The molecule has 11 heteroatoms. The summed E-state index contributed by atoms with van der Waals surface area (Å²) in [6.07, 6.45) is -1.99. The maximum atomic E-state index is 13.9. The molecule has 0 spiro atoms. The second-order valence-corrected chi connectivity index (χ2v) is 6.97. The molecule has 27 heavy (non-hydrogen) atoms. The maximum Gasteiger partial charge on any atom is 0.421 e. The van der Waals surface area contributed by atoms with Crippen molar-refractivity contribution in [2.24, 2.45) is 0 Å². The predicted molar refractivity (Wildman–Crippen MR) is 86.6 cm³/mol. The van der Waals surface area contributed by atoms with Gasteiger partial charge in [0.05, 0.1) is 20.8 Å². The van der Waals surface area contributed by atoms with E-state index in [2.05, 4.69) is 0 Å². The van der Waals surface area contributed by atoms with Crippen LogP contribution in [0.2, 0.25) is 0 Å². The summed E-state index contributed by atoms with van der Waals surface area (Å²) in [7, 11) is -2.55. The molecule has 1 amide bonds. The summed E-state index contributed by atoms with van der Waals surface area (Å²) in [6, 6.07) is 4.42. The maximum absolute atomic E-state index is 13.9. The summed E-state index contributed by atoms with van der Waals surface area (Å²) in [5.41, 5.74) is 0.0900. The summed E-state index contributed by atoms with van der Waals surface area (Å²) in [4.78, 5) is 9.93. The Balaban J connectivity index is 2.54. The molecule has 0 aliphatic carbocycles. The van der Waals surface area contributed by atoms with E-state index < -0.39 is 45.0 Å². The molecule has 7 nitrogen and oxygen atoms in total. The fraction of sp³-hybridized carbons (Fsp3) is 0.188. The van der Waals surface area contributed by atoms with E-state index >= 15 is 0 Å². The van der Waals surface area contributed by atoms with E-state index in [0.717, 1.165) is 0 Å². The van der Waals surface area contributed by atoms with Gasteiger partial charge in [-0.1, -0.05) is 0 Å². The molecular formula is C16H14F3NO6S. The van der Waals surface area contributed by atoms with Crippen molar-refractivity contribution < 1.29 is 41.0 Å². The minimum Gasteiger partial charge on any atom is -0.497 e. The first kappa shape index (κ1) is 20.4. The zero-order valence-electron chi connectivity index (χ0n) is 14.1. The smallest absolute Gasteiger partial charge is 0.421 e. The number of benzene rings is 2. The molecule has 1 N–H and O–H groups in total.